The molecule has 1 aromatic carbocycles. The number of aromatic hydroxyl groups is 1. The maximum absolute atomic E-state index is 9.53. The minimum atomic E-state index is 0.255. The highest BCUT2D eigenvalue weighted by Gasteiger charge is 2.21. The van der Waals surface area contributed by atoms with Gasteiger partial charge in [-0.15, -0.1) is 0 Å². The number of hydrogen-bond donors (Lipinski definition) is 2. The number of para-hydroxylation sites is 1. The first-order valence-electron chi connectivity index (χ1n) is 4.89. The summed E-state index contributed by atoms with van der Waals surface area (Å²) in [6.45, 7) is 1.64. The topological polar surface area (TPSA) is 41.5 Å². The fourth-order valence-electron chi connectivity index (χ4n) is 1.89. The Morgan fingerprint density at radius 2 is 2.43 bits per heavy atom. The van der Waals surface area contributed by atoms with Crippen LogP contribution in [0.5, 0.6) is 11.5 Å². The molecule has 0 amide bonds. The van der Waals surface area contributed by atoms with E-state index in [0.717, 1.165) is 18.5 Å². The summed E-state index contributed by atoms with van der Waals surface area (Å²) in [6, 6.07) is 5.54. The molecule has 0 radical (unpaired) electrons. The number of hydrogen-bond acceptors (Lipinski definition) is 3. The Balaban J connectivity index is 2.18. The van der Waals surface area contributed by atoms with Crippen molar-refractivity contribution in [2.75, 3.05) is 20.2 Å². The van der Waals surface area contributed by atoms with Gasteiger partial charge in [0, 0.05) is 12.5 Å². The van der Waals surface area contributed by atoms with Gasteiger partial charge < -0.3 is 15.2 Å². The predicted octanol–water partition coefficient (Wildman–Crippen LogP) is 1.16. The molecule has 1 atom stereocenters. The molecule has 0 saturated heterocycles. The van der Waals surface area contributed by atoms with Crippen molar-refractivity contribution in [1.29, 1.82) is 0 Å². The van der Waals surface area contributed by atoms with Crippen LogP contribution in [0.25, 0.3) is 0 Å². The molecule has 0 bridgehead atoms. The van der Waals surface area contributed by atoms with Gasteiger partial charge in [0.1, 0.15) is 0 Å². The molecule has 1 aromatic rings. The van der Waals surface area contributed by atoms with Crippen molar-refractivity contribution in [3.05, 3.63) is 23.8 Å². The molecule has 0 aromatic heterocycles. The van der Waals surface area contributed by atoms with Crippen LogP contribution in [0.15, 0.2) is 18.2 Å². The SMILES string of the molecule is CNCC1COc2c(O)cccc2C1. The normalized spacial score (nSPS) is 19.9. The second kappa shape index (κ2) is 3.88. The zero-order valence-corrected chi connectivity index (χ0v) is 8.29. The fraction of sp³-hybridized carbons (Fsp3) is 0.455. The van der Waals surface area contributed by atoms with Gasteiger partial charge in [0.25, 0.3) is 0 Å². The first-order valence-corrected chi connectivity index (χ1v) is 4.89. The Labute approximate surface area is 83.7 Å². The molecular weight excluding hydrogens is 178 g/mol. The highest BCUT2D eigenvalue weighted by atomic mass is 16.5. The summed E-state index contributed by atoms with van der Waals surface area (Å²) in [5.74, 6) is 1.43. The van der Waals surface area contributed by atoms with Gasteiger partial charge in [-0.2, -0.15) is 0 Å². The molecule has 0 fully saturated rings. The second-order valence-electron chi connectivity index (χ2n) is 3.70. The Morgan fingerprint density at radius 3 is 3.21 bits per heavy atom. The molecule has 3 heteroatoms. The van der Waals surface area contributed by atoms with Gasteiger partial charge in [0.15, 0.2) is 11.5 Å². The van der Waals surface area contributed by atoms with Gasteiger partial charge in [-0.1, -0.05) is 12.1 Å². The summed E-state index contributed by atoms with van der Waals surface area (Å²) < 4.78 is 5.53. The summed E-state index contributed by atoms with van der Waals surface area (Å²) in [7, 11) is 1.94. The van der Waals surface area contributed by atoms with Crippen molar-refractivity contribution in [2.24, 2.45) is 5.92 Å². The minimum absolute atomic E-state index is 0.255. The number of phenolic OH excluding ortho intramolecular Hbond substituents is 1. The minimum Gasteiger partial charge on any atom is -0.504 e. The van der Waals surface area contributed by atoms with Gasteiger partial charge in [-0.3, -0.25) is 0 Å². The number of nitrogens with one attached hydrogen (secondary N) is 1. The molecule has 14 heavy (non-hydrogen) atoms. The van der Waals surface area contributed by atoms with Crippen molar-refractivity contribution in [1.82, 2.24) is 5.32 Å². The van der Waals surface area contributed by atoms with Crippen molar-refractivity contribution >= 4 is 0 Å². The van der Waals surface area contributed by atoms with E-state index in [-0.39, 0.29) is 5.75 Å². The van der Waals surface area contributed by atoms with Crippen molar-refractivity contribution < 1.29 is 9.84 Å². The molecule has 1 aliphatic heterocycles. The fourth-order valence-corrected chi connectivity index (χ4v) is 1.89. The molecule has 3 nitrogen and oxygen atoms in total. The Kier molecular flexibility index (Phi) is 2.59. The molecular formula is C11H15NO2. The molecule has 0 spiro atoms. The lowest BCUT2D eigenvalue weighted by Crippen LogP contribution is -2.29. The first-order chi connectivity index (χ1) is 6.81. The van der Waals surface area contributed by atoms with E-state index in [1.807, 2.05) is 19.2 Å². The van der Waals surface area contributed by atoms with Crippen LogP contribution in [0.3, 0.4) is 0 Å². The van der Waals surface area contributed by atoms with Crippen molar-refractivity contribution in [3.63, 3.8) is 0 Å². The van der Waals surface area contributed by atoms with E-state index in [1.54, 1.807) is 6.07 Å². The highest BCUT2D eigenvalue weighted by molar-refractivity contribution is 5.46. The average Bonchev–Trinajstić information content (AvgIpc) is 2.18. The zero-order chi connectivity index (χ0) is 9.97. The van der Waals surface area contributed by atoms with Crippen molar-refractivity contribution in [3.8, 4) is 11.5 Å². The molecule has 0 saturated carbocycles. The second-order valence-corrected chi connectivity index (χ2v) is 3.70. The zero-order valence-electron chi connectivity index (χ0n) is 8.29. The lowest BCUT2D eigenvalue weighted by atomic mass is 9.96. The number of rotatable bonds is 2. The molecule has 1 unspecified atom stereocenters. The average molecular weight is 193 g/mol. The largest absolute Gasteiger partial charge is 0.504 e. The molecule has 0 aliphatic carbocycles. The summed E-state index contributed by atoms with van der Waals surface area (Å²) in [6.07, 6.45) is 0.977. The Hall–Kier alpha value is -1.22. The van der Waals surface area contributed by atoms with Crippen LogP contribution in [0.2, 0.25) is 0 Å². The van der Waals surface area contributed by atoms with Crippen LogP contribution in [0.4, 0.5) is 0 Å². The summed E-state index contributed by atoms with van der Waals surface area (Å²) in [5.41, 5.74) is 1.11. The van der Waals surface area contributed by atoms with Crippen LogP contribution in [0, 0.1) is 5.92 Å². The summed E-state index contributed by atoms with van der Waals surface area (Å²) >= 11 is 0. The number of fused-ring (bicyclic) bond motifs is 1. The van der Waals surface area contributed by atoms with Crippen LogP contribution in [-0.4, -0.2) is 25.3 Å². The lowest BCUT2D eigenvalue weighted by Gasteiger charge is -2.25. The maximum atomic E-state index is 9.53. The van der Waals surface area contributed by atoms with Gasteiger partial charge in [0.05, 0.1) is 6.61 Å². The van der Waals surface area contributed by atoms with E-state index in [0.29, 0.717) is 18.3 Å². The third-order valence-corrected chi connectivity index (χ3v) is 2.54. The highest BCUT2D eigenvalue weighted by Crippen LogP contribution is 2.34. The Bertz CT molecular complexity index is 325. The number of ether oxygens (including phenoxy) is 1. The predicted molar refractivity (Wildman–Crippen MR) is 54.7 cm³/mol. The van der Waals surface area contributed by atoms with Crippen LogP contribution >= 0.6 is 0 Å². The molecule has 1 heterocycles. The first kappa shape index (κ1) is 9.34. The lowest BCUT2D eigenvalue weighted by molar-refractivity contribution is 0.212. The molecule has 2 N–H and O–H groups in total. The van der Waals surface area contributed by atoms with Gasteiger partial charge >= 0.3 is 0 Å². The van der Waals surface area contributed by atoms with Crippen molar-refractivity contribution in [2.45, 2.75) is 6.42 Å². The smallest absolute Gasteiger partial charge is 0.164 e. The Morgan fingerprint density at radius 1 is 1.57 bits per heavy atom. The van der Waals surface area contributed by atoms with Crippen LogP contribution < -0.4 is 10.1 Å². The van der Waals surface area contributed by atoms with Gasteiger partial charge in [-0.25, -0.2) is 0 Å². The summed E-state index contributed by atoms with van der Waals surface area (Å²) in [4.78, 5) is 0. The van der Waals surface area contributed by atoms with Crippen LogP contribution in [0.1, 0.15) is 5.56 Å². The molecule has 2 rings (SSSR count). The van der Waals surface area contributed by atoms with Crippen LogP contribution in [-0.2, 0) is 6.42 Å². The summed E-state index contributed by atoms with van der Waals surface area (Å²) in [5, 5.41) is 12.7. The van der Waals surface area contributed by atoms with E-state index in [9.17, 15) is 5.11 Å². The van der Waals surface area contributed by atoms with Gasteiger partial charge in [0.2, 0.25) is 0 Å². The third-order valence-electron chi connectivity index (χ3n) is 2.54. The van der Waals surface area contributed by atoms with Gasteiger partial charge in [-0.05, 0) is 25.1 Å². The van der Waals surface area contributed by atoms with E-state index >= 15 is 0 Å². The number of benzene rings is 1. The monoisotopic (exact) mass is 193 g/mol. The quantitative estimate of drug-likeness (QED) is 0.740. The van der Waals surface area contributed by atoms with E-state index in [1.165, 1.54) is 0 Å². The number of phenols is 1. The molecule has 76 valence electrons. The maximum Gasteiger partial charge on any atom is 0.164 e. The van der Waals surface area contributed by atoms with E-state index in [2.05, 4.69) is 5.32 Å². The molecule has 1 aliphatic rings. The van der Waals surface area contributed by atoms with E-state index in [4.69, 9.17) is 4.74 Å². The standard InChI is InChI=1S/C11H15NO2/c1-12-6-8-5-9-3-2-4-10(13)11(9)14-7-8/h2-4,8,12-13H,5-7H2,1H3. The third kappa shape index (κ3) is 1.68. The van der Waals surface area contributed by atoms with E-state index < -0.39 is 0 Å².